The molecule has 0 aliphatic rings. The monoisotopic (exact) mass is 512 g/mol. The molecule has 1 aromatic carbocycles. The van der Waals surface area contributed by atoms with Crippen LogP contribution in [-0.4, -0.2) is 32.1 Å². The van der Waals surface area contributed by atoms with Crippen LogP contribution in [0.4, 0.5) is 0 Å². The summed E-state index contributed by atoms with van der Waals surface area (Å²) in [5.41, 5.74) is 10.3. The number of nitrogens with one attached hydrogen (secondary N) is 1. The van der Waals surface area contributed by atoms with Crippen molar-refractivity contribution in [2.24, 2.45) is 0 Å². The average Bonchev–Trinajstić information content (AvgIpc) is 2.90. The lowest BCUT2D eigenvalue weighted by Crippen LogP contribution is -2.25. The Morgan fingerprint density at radius 2 is 1.68 bits per heavy atom. The van der Waals surface area contributed by atoms with Gasteiger partial charge >= 0.3 is 0 Å². The van der Waals surface area contributed by atoms with Gasteiger partial charge in [-0.05, 0) is 106 Å². The van der Waals surface area contributed by atoms with Crippen molar-refractivity contribution in [1.29, 1.82) is 0 Å². The lowest BCUT2D eigenvalue weighted by molar-refractivity contribution is 0.560. The summed E-state index contributed by atoms with van der Waals surface area (Å²) in [7, 11) is 6.15. The van der Waals surface area contributed by atoms with Crippen molar-refractivity contribution in [3.8, 4) is 0 Å². The van der Waals surface area contributed by atoms with E-state index in [-0.39, 0.29) is 6.04 Å². The van der Waals surface area contributed by atoms with Crippen LogP contribution in [0.15, 0.2) is 125 Å². The maximum absolute atomic E-state index is 4.21. The van der Waals surface area contributed by atoms with E-state index in [1.807, 2.05) is 25.3 Å². The normalized spacial score (nSPS) is 15.1. The Labute approximate surface area is 234 Å². The third kappa shape index (κ3) is 10.3. The molecule has 1 rings (SSSR count). The molecule has 2 heteroatoms. The fourth-order valence-electron chi connectivity index (χ4n) is 4.89. The molecule has 2 nitrogen and oxygen atoms in total. The van der Waals surface area contributed by atoms with Gasteiger partial charge in [-0.3, -0.25) is 0 Å². The van der Waals surface area contributed by atoms with E-state index in [0.29, 0.717) is 5.92 Å². The number of allylic oxidation sites excluding steroid dienone is 11. The topological polar surface area (TPSA) is 15.3 Å². The summed E-state index contributed by atoms with van der Waals surface area (Å²) in [5, 5.41) is 3.43. The average molecular weight is 513 g/mol. The molecule has 0 spiro atoms. The number of hydrogen-bond donors (Lipinski definition) is 1. The summed E-state index contributed by atoms with van der Waals surface area (Å²) >= 11 is 0. The zero-order valence-corrected chi connectivity index (χ0v) is 25.6. The molecule has 2 atom stereocenters. The van der Waals surface area contributed by atoms with Gasteiger partial charge in [-0.25, -0.2) is 0 Å². The fraction of sp³-hybridized carbons (Fsp3) is 0.389. The molecule has 0 aromatic heterocycles. The molecule has 0 aliphatic carbocycles. The second kappa shape index (κ2) is 17.4. The van der Waals surface area contributed by atoms with Crippen molar-refractivity contribution in [3.05, 3.63) is 131 Å². The highest BCUT2D eigenvalue weighted by Crippen LogP contribution is 2.31. The number of benzene rings is 1. The van der Waals surface area contributed by atoms with Gasteiger partial charge in [0.25, 0.3) is 0 Å². The highest BCUT2D eigenvalue weighted by Gasteiger charge is 2.15. The molecular weight excluding hydrogens is 460 g/mol. The fourth-order valence-corrected chi connectivity index (χ4v) is 4.89. The van der Waals surface area contributed by atoms with Crippen LogP contribution in [-0.2, 0) is 0 Å². The maximum Gasteiger partial charge on any atom is 0.0294 e. The van der Waals surface area contributed by atoms with E-state index >= 15 is 0 Å². The van der Waals surface area contributed by atoms with Crippen LogP contribution in [0.1, 0.15) is 72.3 Å². The van der Waals surface area contributed by atoms with Crippen LogP contribution in [0.2, 0.25) is 0 Å². The summed E-state index contributed by atoms with van der Waals surface area (Å²) in [6.07, 6.45) is 18.0. The van der Waals surface area contributed by atoms with E-state index < -0.39 is 0 Å². The minimum Gasteiger partial charge on any atom is -0.383 e. The molecular formula is C36H52N2. The van der Waals surface area contributed by atoms with Gasteiger partial charge in [-0.15, -0.1) is 0 Å². The van der Waals surface area contributed by atoms with E-state index in [1.54, 1.807) is 0 Å². The zero-order chi connectivity index (χ0) is 28.7. The molecule has 0 radical (unpaired) electrons. The first-order valence-electron chi connectivity index (χ1n) is 13.9. The molecule has 0 amide bonds. The highest BCUT2D eigenvalue weighted by molar-refractivity contribution is 5.56. The standard InChI is InChI=1S/C36H52N2/c1-12-15-21-34(26-38(10)11)35(14-3)29(7)33(24-19-20-28(6)32-22-17-16-18-23-32)25-31(13-2)36(27(4)5)30(8)37-9/h12-18,21-23,25-26,28,30,37H,1-2,19-20,24H2,3-11H3/b21-15-,31-25+,33-29+,34-26+,35-14+. The van der Waals surface area contributed by atoms with Gasteiger partial charge in [0.1, 0.15) is 0 Å². The molecule has 1 aromatic rings. The van der Waals surface area contributed by atoms with E-state index in [2.05, 4.69) is 134 Å². The van der Waals surface area contributed by atoms with Crippen molar-refractivity contribution in [2.45, 2.75) is 72.8 Å². The van der Waals surface area contributed by atoms with Crippen LogP contribution in [0.5, 0.6) is 0 Å². The van der Waals surface area contributed by atoms with Crippen LogP contribution in [0, 0.1) is 0 Å². The van der Waals surface area contributed by atoms with Crippen molar-refractivity contribution in [2.75, 3.05) is 21.1 Å². The Balaban J connectivity index is 3.64. The van der Waals surface area contributed by atoms with Crippen molar-refractivity contribution in [1.82, 2.24) is 10.2 Å². The Bertz CT molecular complexity index is 1080. The summed E-state index contributed by atoms with van der Waals surface area (Å²) in [6, 6.07) is 11.1. The molecule has 0 bridgehead atoms. The largest absolute Gasteiger partial charge is 0.383 e. The molecule has 0 heterocycles. The number of nitrogens with zero attached hydrogens (tertiary/aromatic N) is 1. The lowest BCUT2D eigenvalue weighted by atomic mass is 9.87. The van der Waals surface area contributed by atoms with Crippen LogP contribution < -0.4 is 5.32 Å². The molecule has 0 aliphatic heterocycles. The van der Waals surface area contributed by atoms with E-state index in [1.165, 1.54) is 44.6 Å². The predicted octanol–water partition coefficient (Wildman–Crippen LogP) is 9.47. The minimum absolute atomic E-state index is 0.241. The van der Waals surface area contributed by atoms with Gasteiger partial charge < -0.3 is 10.2 Å². The third-order valence-electron chi connectivity index (χ3n) is 7.01. The minimum atomic E-state index is 0.241. The van der Waals surface area contributed by atoms with Gasteiger partial charge in [0.2, 0.25) is 0 Å². The molecule has 0 saturated heterocycles. The lowest BCUT2D eigenvalue weighted by Gasteiger charge is -2.21. The molecule has 38 heavy (non-hydrogen) atoms. The Hall–Kier alpha value is -3.10. The van der Waals surface area contributed by atoms with E-state index in [9.17, 15) is 0 Å². The molecule has 2 unspecified atom stereocenters. The van der Waals surface area contributed by atoms with Gasteiger partial charge in [0.05, 0.1) is 0 Å². The third-order valence-corrected chi connectivity index (χ3v) is 7.01. The van der Waals surface area contributed by atoms with Gasteiger partial charge in [0, 0.05) is 26.3 Å². The van der Waals surface area contributed by atoms with E-state index in [0.717, 1.165) is 19.3 Å². The Kier molecular flexibility index (Phi) is 15.1. The number of likely N-dealkylation sites (N-methyl/N-ethyl adjacent to an activating group) is 1. The maximum atomic E-state index is 4.21. The van der Waals surface area contributed by atoms with Crippen LogP contribution in [0.25, 0.3) is 0 Å². The summed E-state index contributed by atoms with van der Waals surface area (Å²) in [6.45, 7) is 21.4. The predicted molar refractivity (Wildman–Crippen MR) is 171 cm³/mol. The first kappa shape index (κ1) is 32.9. The summed E-state index contributed by atoms with van der Waals surface area (Å²) < 4.78 is 0. The van der Waals surface area contributed by atoms with Crippen LogP contribution >= 0.6 is 0 Å². The van der Waals surface area contributed by atoms with Gasteiger partial charge in [-0.1, -0.05) is 92.4 Å². The second-order valence-corrected chi connectivity index (χ2v) is 10.4. The van der Waals surface area contributed by atoms with E-state index in [4.69, 9.17) is 0 Å². The van der Waals surface area contributed by atoms with Gasteiger partial charge in [-0.2, -0.15) is 0 Å². The molecule has 206 valence electrons. The van der Waals surface area contributed by atoms with Crippen molar-refractivity contribution in [3.63, 3.8) is 0 Å². The van der Waals surface area contributed by atoms with Crippen molar-refractivity contribution >= 4 is 0 Å². The molecule has 0 fully saturated rings. The second-order valence-electron chi connectivity index (χ2n) is 10.4. The summed E-state index contributed by atoms with van der Waals surface area (Å²) in [5.74, 6) is 0.527. The quantitative estimate of drug-likeness (QED) is 0.235. The first-order chi connectivity index (χ1) is 18.1. The van der Waals surface area contributed by atoms with Crippen molar-refractivity contribution < 1.29 is 0 Å². The molecule has 0 saturated carbocycles. The number of rotatable bonds is 15. The Morgan fingerprint density at radius 1 is 1.03 bits per heavy atom. The summed E-state index contributed by atoms with van der Waals surface area (Å²) in [4.78, 5) is 2.10. The number of hydrogen-bond acceptors (Lipinski definition) is 2. The van der Waals surface area contributed by atoms with Gasteiger partial charge in [0.15, 0.2) is 0 Å². The first-order valence-corrected chi connectivity index (χ1v) is 13.9. The Morgan fingerprint density at radius 3 is 2.18 bits per heavy atom. The molecule has 1 N–H and O–H groups in total. The SMILES string of the molecule is C=C\C=C/C(=C\N(C)C)C(=C/C)/C(C)=C(/C=C(\C=C)C(=C(C)C)C(C)NC)CCCC(C)c1ccccc1. The highest BCUT2D eigenvalue weighted by atomic mass is 15.0. The smallest absolute Gasteiger partial charge is 0.0294 e. The zero-order valence-electron chi connectivity index (χ0n) is 25.6. The van der Waals surface area contributed by atoms with Crippen LogP contribution in [0.3, 0.4) is 0 Å².